The molecular formula is C15H18N4S. The Labute approximate surface area is 123 Å². The first-order valence-corrected chi connectivity index (χ1v) is 7.69. The molecule has 1 N–H and O–H groups in total. The van der Waals surface area contributed by atoms with E-state index in [1.54, 1.807) is 6.20 Å². The number of hydrogen-bond donors (Lipinski definition) is 1. The summed E-state index contributed by atoms with van der Waals surface area (Å²) in [4.78, 5) is 13.2. The standard InChI is InChI=1S/C15H18N4S/c1-10-7-12(8-17-13-3-4-13)9-18-14(10)20-15-16-6-5-11(2)19-15/h5-7,9,13,17H,3-4,8H2,1-2H3. The first kappa shape index (κ1) is 13.5. The summed E-state index contributed by atoms with van der Waals surface area (Å²) >= 11 is 1.52. The van der Waals surface area contributed by atoms with E-state index in [1.807, 2.05) is 19.2 Å². The van der Waals surface area contributed by atoms with E-state index in [-0.39, 0.29) is 0 Å². The summed E-state index contributed by atoms with van der Waals surface area (Å²) in [7, 11) is 0. The maximum Gasteiger partial charge on any atom is 0.194 e. The minimum atomic E-state index is 0.727. The zero-order valence-corrected chi connectivity index (χ0v) is 12.6. The second-order valence-electron chi connectivity index (χ2n) is 5.20. The van der Waals surface area contributed by atoms with Gasteiger partial charge in [-0.3, -0.25) is 0 Å². The molecule has 5 heteroatoms. The van der Waals surface area contributed by atoms with Gasteiger partial charge in [0, 0.05) is 30.7 Å². The fourth-order valence-corrected chi connectivity index (χ4v) is 2.74. The van der Waals surface area contributed by atoms with Crippen LogP contribution in [0.4, 0.5) is 0 Å². The number of pyridine rings is 1. The Morgan fingerprint density at radius 1 is 1.30 bits per heavy atom. The third kappa shape index (κ3) is 3.55. The van der Waals surface area contributed by atoms with E-state index in [0.717, 1.165) is 28.5 Å². The van der Waals surface area contributed by atoms with Gasteiger partial charge >= 0.3 is 0 Å². The zero-order chi connectivity index (χ0) is 13.9. The van der Waals surface area contributed by atoms with Gasteiger partial charge < -0.3 is 5.32 Å². The molecule has 0 aliphatic heterocycles. The molecule has 0 unspecified atom stereocenters. The summed E-state index contributed by atoms with van der Waals surface area (Å²) in [5, 5.41) is 5.24. The topological polar surface area (TPSA) is 50.7 Å². The molecule has 2 aromatic rings. The zero-order valence-electron chi connectivity index (χ0n) is 11.8. The van der Waals surface area contributed by atoms with Crippen molar-refractivity contribution in [3.63, 3.8) is 0 Å². The van der Waals surface area contributed by atoms with Crippen LogP contribution in [0, 0.1) is 13.8 Å². The van der Waals surface area contributed by atoms with Gasteiger partial charge in [0.25, 0.3) is 0 Å². The summed E-state index contributed by atoms with van der Waals surface area (Å²) in [6.45, 7) is 4.97. The Hall–Kier alpha value is -1.46. The van der Waals surface area contributed by atoms with E-state index in [4.69, 9.17) is 0 Å². The van der Waals surface area contributed by atoms with Crippen molar-refractivity contribution in [3.8, 4) is 0 Å². The molecule has 0 atom stereocenters. The molecule has 1 saturated carbocycles. The Kier molecular flexibility index (Phi) is 3.98. The van der Waals surface area contributed by atoms with Gasteiger partial charge in [-0.05, 0) is 55.6 Å². The van der Waals surface area contributed by atoms with Gasteiger partial charge in [-0.1, -0.05) is 6.07 Å². The van der Waals surface area contributed by atoms with Crippen LogP contribution in [0.2, 0.25) is 0 Å². The first-order chi connectivity index (χ1) is 9.70. The van der Waals surface area contributed by atoms with Crippen LogP contribution >= 0.6 is 11.8 Å². The molecule has 0 aromatic carbocycles. The number of aryl methyl sites for hydroxylation is 2. The SMILES string of the molecule is Cc1ccnc(Sc2ncc(CNC3CC3)cc2C)n1. The summed E-state index contributed by atoms with van der Waals surface area (Å²) in [5.74, 6) is 0. The summed E-state index contributed by atoms with van der Waals surface area (Å²) in [6, 6.07) is 4.82. The molecule has 3 rings (SSSR count). The highest BCUT2D eigenvalue weighted by molar-refractivity contribution is 7.99. The molecule has 0 radical (unpaired) electrons. The monoisotopic (exact) mass is 286 g/mol. The molecular weight excluding hydrogens is 268 g/mol. The Bertz CT molecular complexity index is 611. The average Bonchev–Trinajstić information content (AvgIpc) is 3.23. The molecule has 104 valence electrons. The second kappa shape index (κ2) is 5.89. The van der Waals surface area contributed by atoms with Crippen LogP contribution < -0.4 is 5.32 Å². The van der Waals surface area contributed by atoms with E-state index >= 15 is 0 Å². The van der Waals surface area contributed by atoms with Crippen molar-refractivity contribution in [2.75, 3.05) is 0 Å². The molecule has 0 saturated heterocycles. The quantitative estimate of drug-likeness (QED) is 0.857. The lowest BCUT2D eigenvalue weighted by molar-refractivity contribution is 0.684. The minimum Gasteiger partial charge on any atom is -0.310 e. The van der Waals surface area contributed by atoms with Crippen molar-refractivity contribution in [1.82, 2.24) is 20.3 Å². The van der Waals surface area contributed by atoms with Gasteiger partial charge in [0.15, 0.2) is 5.16 Å². The molecule has 1 aliphatic carbocycles. The summed E-state index contributed by atoms with van der Waals surface area (Å²) in [6.07, 6.45) is 6.35. The summed E-state index contributed by atoms with van der Waals surface area (Å²) in [5.41, 5.74) is 3.39. The van der Waals surface area contributed by atoms with E-state index in [0.29, 0.717) is 0 Å². The maximum atomic E-state index is 4.54. The molecule has 1 aliphatic rings. The smallest absolute Gasteiger partial charge is 0.194 e. The third-order valence-electron chi connectivity index (χ3n) is 3.22. The van der Waals surface area contributed by atoms with Crippen LogP contribution in [0.1, 0.15) is 29.7 Å². The normalized spacial score (nSPS) is 14.5. The van der Waals surface area contributed by atoms with Crippen LogP contribution in [0.5, 0.6) is 0 Å². The van der Waals surface area contributed by atoms with Crippen molar-refractivity contribution in [2.24, 2.45) is 0 Å². The number of hydrogen-bond acceptors (Lipinski definition) is 5. The highest BCUT2D eigenvalue weighted by Crippen LogP contribution is 2.26. The predicted molar refractivity (Wildman–Crippen MR) is 79.7 cm³/mol. The predicted octanol–water partition coefficient (Wildman–Crippen LogP) is 2.89. The Morgan fingerprint density at radius 3 is 2.85 bits per heavy atom. The molecule has 20 heavy (non-hydrogen) atoms. The molecule has 1 fully saturated rings. The van der Waals surface area contributed by atoms with Crippen molar-refractivity contribution in [3.05, 3.63) is 41.3 Å². The molecule has 4 nitrogen and oxygen atoms in total. The van der Waals surface area contributed by atoms with Gasteiger partial charge in [0.05, 0.1) is 0 Å². The van der Waals surface area contributed by atoms with E-state index in [2.05, 4.69) is 33.3 Å². The van der Waals surface area contributed by atoms with Crippen LogP contribution in [0.15, 0.2) is 34.7 Å². The summed E-state index contributed by atoms with van der Waals surface area (Å²) < 4.78 is 0. The van der Waals surface area contributed by atoms with Crippen LogP contribution in [0.25, 0.3) is 0 Å². The molecule has 0 spiro atoms. The van der Waals surface area contributed by atoms with Gasteiger partial charge in [-0.15, -0.1) is 0 Å². The fourth-order valence-electron chi connectivity index (χ4n) is 1.94. The Balaban J connectivity index is 1.69. The lowest BCUT2D eigenvalue weighted by atomic mass is 10.2. The van der Waals surface area contributed by atoms with Crippen LogP contribution in [0.3, 0.4) is 0 Å². The van der Waals surface area contributed by atoms with Gasteiger partial charge in [-0.25, -0.2) is 15.0 Å². The van der Waals surface area contributed by atoms with E-state index in [1.165, 1.54) is 35.7 Å². The highest BCUT2D eigenvalue weighted by atomic mass is 32.2. The number of nitrogens with one attached hydrogen (secondary N) is 1. The van der Waals surface area contributed by atoms with Crippen LogP contribution in [-0.2, 0) is 6.54 Å². The van der Waals surface area contributed by atoms with Crippen molar-refractivity contribution >= 4 is 11.8 Å². The van der Waals surface area contributed by atoms with E-state index < -0.39 is 0 Å². The van der Waals surface area contributed by atoms with Crippen molar-refractivity contribution < 1.29 is 0 Å². The second-order valence-corrected chi connectivity index (χ2v) is 6.16. The number of rotatable bonds is 5. The largest absolute Gasteiger partial charge is 0.310 e. The van der Waals surface area contributed by atoms with Crippen LogP contribution in [-0.4, -0.2) is 21.0 Å². The first-order valence-electron chi connectivity index (χ1n) is 6.87. The number of nitrogens with zero attached hydrogens (tertiary/aromatic N) is 3. The fraction of sp³-hybridized carbons (Fsp3) is 0.400. The van der Waals surface area contributed by atoms with E-state index in [9.17, 15) is 0 Å². The van der Waals surface area contributed by atoms with Gasteiger partial charge in [-0.2, -0.15) is 0 Å². The maximum absolute atomic E-state index is 4.54. The van der Waals surface area contributed by atoms with Crippen molar-refractivity contribution in [1.29, 1.82) is 0 Å². The molecule has 0 amide bonds. The Morgan fingerprint density at radius 2 is 2.15 bits per heavy atom. The number of aromatic nitrogens is 3. The average molecular weight is 286 g/mol. The van der Waals surface area contributed by atoms with Gasteiger partial charge in [0.2, 0.25) is 0 Å². The van der Waals surface area contributed by atoms with Gasteiger partial charge in [0.1, 0.15) is 5.03 Å². The lowest BCUT2D eigenvalue weighted by Crippen LogP contribution is -2.15. The lowest BCUT2D eigenvalue weighted by Gasteiger charge is -2.07. The minimum absolute atomic E-state index is 0.727. The van der Waals surface area contributed by atoms with Crippen molar-refractivity contribution in [2.45, 2.75) is 49.5 Å². The highest BCUT2D eigenvalue weighted by Gasteiger charge is 2.20. The molecule has 0 bridgehead atoms. The molecule has 2 heterocycles. The third-order valence-corrected chi connectivity index (χ3v) is 4.22. The molecule has 2 aromatic heterocycles.